The van der Waals surface area contributed by atoms with Gasteiger partial charge in [0.05, 0.1) is 0 Å². The molecular formula is C22H27N5. The van der Waals surface area contributed by atoms with Crippen molar-refractivity contribution in [3.05, 3.63) is 47.7 Å². The molecule has 2 aromatic heterocycles. The van der Waals surface area contributed by atoms with E-state index < -0.39 is 0 Å². The number of fused-ring (bicyclic) bond motifs is 3. The molecule has 5 rings (SSSR count). The summed E-state index contributed by atoms with van der Waals surface area (Å²) in [5.41, 5.74) is 6.45. The Morgan fingerprint density at radius 1 is 0.889 bits per heavy atom. The Morgan fingerprint density at radius 2 is 1.67 bits per heavy atom. The predicted molar refractivity (Wildman–Crippen MR) is 112 cm³/mol. The summed E-state index contributed by atoms with van der Waals surface area (Å²) in [6, 6.07) is 13.1. The third kappa shape index (κ3) is 2.96. The Kier molecular flexibility index (Phi) is 4.05. The van der Waals surface area contributed by atoms with Gasteiger partial charge >= 0.3 is 0 Å². The van der Waals surface area contributed by atoms with Crippen LogP contribution in [-0.2, 0) is 19.9 Å². The molecule has 5 nitrogen and oxygen atoms in total. The summed E-state index contributed by atoms with van der Waals surface area (Å²) < 4.78 is 2.28. The van der Waals surface area contributed by atoms with E-state index in [1.54, 1.807) is 0 Å². The molecule has 5 heteroatoms. The number of likely N-dealkylation sites (N-methyl/N-ethyl adjacent to an activating group) is 1. The van der Waals surface area contributed by atoms with E-state index in [-0.39, 0.29) is 0 Å². The number of piperazine rings is 1. The molecule has 1 saturated heterocycles. The van der Waals surface area contributed by atoms with Crippen LogP contribution in [0.2, 0.25) is 0 Å². The van der Waals surface area contributed by atoms with E-state index in [2.05, 4.69) is 70.2 Å². The highest BCUT2D eigenvalue weighted by Crippen LogP contribution is 2.32. The van der Waals surface area contributed by atoms with Crippen LogP contribution in [0.5, 0.6) is 0 Å². The van der Waals surface area contributed by atoms with E-state index >= 15 is 0 Å². The summed E-state index contributed by atoms with van der Waals surface area (Å²) >= 11 is 0. The minimum absolute atomic E-state index is 0.911. The van der Waals surface area contributed by atoms with Gasteiger partial charge < -0.3 is 19.7 Å². The van der Waals surface area contributed by atoms with E-state index in [0.717, 1.165) is 43.3 Å². The van der Waals surface area contributed by atoms with Gasteiger partial charge in [-0.15, -0.1) is 0 Å². The van der Waals surface area contributed by atoms with Gasteiger partial charge in [0.25, 0.3) is 0 Å². The molecule has 0 amide bonds. The number of hydrogen-bond acceptors (Lipinski definition) is 4. The van der Waals surface area contributed by atoms with Gasteiger partial charge in [-0.05, 0) is 68.3 Å². The number of aromatic nitrogens is 2. The Hall–Kier alpha value is -2.53. The fraction of sp³-hybridized carbons (Fsp3) is 0.409. The monoisotopic (exact) mass is 361 g/mol. The highest BCUT2D eigenvalue weighted by Gasteiger charge is 2.20. The smallest absolute Gasteiger partial charge is 0.142 e. The molecule has 0 saturated carbocycles. The minimum Gasteiger partial charge on any atom is -0.369 e. The maximum absolute atomic E-state index is 4.89. The molecule has 3 aromatic rings. The van der Waals surface area contributed by atoms with E-state index in [1.807, 2.05) is 0 Å². The Balaban J connectivity index is 1.35. The molecule has 1 aliphatic carbocycles. The highest BCUT2D eigenvalue weighted by atomic mass is 15.2. The molecule has 1 aliphatic heterocycles. The summed E-state index contributed by atoms with van der Waals surface area (Å²) in [6.45, 7) is 4.45. The van der Waals surface area contributed by atoms with Gasteiger partial charge in [0.1, 0.15) is 11.5 Å². The van der Waals surface area contributed by atoms with Gasteiger partial charge in [0.15, 0.2) is 0 Å². The highest BCUT2D eigenvalue weighted by molar-refractivity contribution is 5.84. The normalized spacial score (nSPS) is 17.5. The Bertz CT molecular complexity index is 965. The van der Waals surface area contributed by atoms with Gasteiger partial charge in [-0.3, -0.25) is 0 Å². The molecule has 0 unspecified atom stereocenters. The third-order valence-corrected chi connectivity index (χ3v) is 6.12. The lowest BCUT2D eigenvalue weighted by molar-refractivity contribution is 0.313. The predicted octanol–water partition coefficient (Wildman–Crippen LogP) is 3.56. The van der Waals surface area contributed by atoms with Crippen LogP contribution >= 0.6 is 0 Å². The molecule has 0 spiro atoms. The average Bonchev–Trinajstić information content (AvgIpc) is 3.27. The number of pyridine rings is 1. The lowest BCUT2D eigenvalue weighted by atomic mass is 10.2. The van der Waals surface area contributed by atoms with Crippen LogP contribution in [0.3, 0.4) is 0 Å². The van der Waals surface area contributed by atoms with E-state index in [0.29, 0.717) is 0 Å². The maximum atomic E-state index is 4.89. The lowest BCUT2D eigenvalue weighted by Crippen LogP contribution is -2.44. The number of rotatable bonds is 3. The van der Waals surface area contributed by atoms with Crippen molar-refractivity contribution in [1.82, 2.24) is 14.5 Å². The zero-order valence-corrected chi connectivity index (χ0v) is 16.2. The number of hydrogen-bond donors (Lipinski definition) is 1. The van der Waals surface area contributed by atoms with E-state index in [4.69, 9.17) is 4.98 Å². The first-order chi connectivity index (χ1) is 13.2. The largest absolute Gasteiger partial charge is 0.369 e. The maximum Gasteiger partial charge on any atom is 0.142 e. The van der Waals surface area contributed by atoms with Crippen LogP contribution in [0.25, 0.3) is 11.0 Å². The summed E-state index contributed by atoms with van der Waals surface area (Å²) in [5.74, 6) is 0.911. The molecule has 27 heavy (non-hydrogen) atoms. The first-order valence-corrected chi connectivity index (χ1v) is 9.97. The molecule has 1 fully saturated rings. The van der Waals surface area contributed by atoms with Gasteiger partial charge in [-0.1, -0.05) is 0 Å². The van der Waals surface area contributed by atoms with Crippen molar-refractivity contribution in [2.75, 3.05) is 43.4 Å². The van der Waals surface area contributed by atoms with Crippen molar-refractivity contribution in [1.29, 1.82) is 0 Å². The zero-order valence-electron chi connectivity index (χ0n) is 16.2. The van der Waals surface area contributed by atoms with Crippen LogP contribution in [0, 0.1) is 0 Å². The van der Waals surface area contributed by atoms with Crippen molar-refractivity contribution in [3.8, 4) is 0 Å². The van der Waals surface area contributed by atoms with E-state index in [9.17, 15) is 0 Å². The number of nitrogens with one attached hydrogen (secondary N) is 1. The SMILES string of the molecule is CN1CCN(c2ccc(Nc3ccc4c5c(n(C)c4n3)CCC5)cc2)CC1. The molecule has 2 aliphatic rings. The van der Waals surface area contributed by atoms with Crippen LogP contribution in [0.1, 0.15) is 17.7 Å². The fourth-order valence-electron chi connectivity index (χ4n) is 4.49. The average molecular weight is 361 g/mol. The third-order valence-electron chi connectivity index (χ3n) is 6.12. The molecule has 1 N–H and O–H groups in total. The number of anilines is 3. The van der Waals surface area contributed by atoms with Crippen molar-refractivity contribution >= 4 is 28.2 Å². The van der Waals surface area contributed by atoms with Crippen LogP contribution in [-0.4, -0.2) is 47.7 Å². The summed E-state index contributed by atoms with van der Waals surface area (Å²) in [6.07, 6.45) is 3.64. The second-order valence-electron chi connectivity index (χ2n) is 7.87. The molecule has 0 radical (unpaired) electrons. The van der Waals surface area contributed by atoms with Crippen LogP contribution < -0.4 is 10.2 Å². The van der Waals surface area contributed by atoms with Crippen molar-refractivity contribution < 1.29 is 0 Å². The van der Waals surface area contributed by atoms with Crippen LogP contribution in [0.15, 0.2) is 36.4 Å². The molecular weight excluding hydrogens is 334 g/mol. The second-order valence-corrected chi connectivity index (χ2v) is 7.87. The minimum atomic E-state index is 0.911. The van der Waals surface area contributed by atoms with Gasteiger partial charge in [0, 0.05) is 55.7 Å². The second kappa shape index (κ2) is 6.57. The summed E-state index contributed by atoms with van der Waals surface area (Å²) in [4.78, 5) is 9.73. The van der Waals surface area contributed by atoms with Crippen molar-refractivity contribution in [2.24, 2.45) is 7.05 Å². The standard InChI is InChI=1S/C22H27N5/c1-25-12-14-27(15-13-25)17-8-6-16(7-9-17)23-21-11-10-19-18-4-3-5-20(18)26(2)22(19)24-21/h6-11H,3-5,12-15H2,1-2H3,(H,23,24). The molecule has 3 heterocycles. The zero-order chi connectivity index (χ0) is 18.4. The number of benzene rings is 1. The molecule has 0 bridgehead atoms. The Morgan fingerprint density at radius 3 is 2.44 bits per heavy atom. The first-order valence-electron chi connectivity index (χ1n) is 9.97. The molecule has 0 atom stereocenters. The topological polar surface area (TPSA) is 36.3 Å². The summed E-state index contributed by atoms with van der Waals surface area (Å²) in [5, 5.41) is 4.79. The quantitative estimate of drug-likeness (QED) is 0.774. The van der Waals surface area contributed by atoms with Crippen molar-refractivity contribution in [2.45, 2.75) is 19.3 Å². The number of aryl methyl sites for hydroxylation is 2. The molecule has 1 aromatic carbocycles. The van der Waals surface area contributed by atoms with Gasteiger partial charge in [-0.2, -0.15) is 0 Å². The van der Waals surface area contributed by atoms with Crippen LogP contribution in [0.4, 0.5) is 17.2 Å². The lowest BCUT2D eigenvalue weighted by Gasteiger charge is -2.34. The van der Waals surface area contributed by atoms with Gasteiger partial charge in [-0.25, -0.2) is 4.98 Å². The first kappa shape index (κ1) is 16.6. The van der Waals surface area contributed by atoms with Gasteiger partial charge in [0.2, 0.25) is 0 Å². The van der Waals surface area contributed by atoms with E-state index in [1.165, 1.54) is 41.6 Å². The fourth-order valence-corrected chi connectivity index (χ4v) is 4.49. The Labute approximate surface area is 160 Å². The van der Waals surface area contributed by atoms with Crippen molar-refractivity contribution in [3.63, 3.8) is 0 Å². The summed E-state index contributed by atoms with van der Waals surface area (Å²) in [7, 11) is 4.34. The molecule has 140 valence electrons. The number of nitrogens with zero attached hydrogens (tertiary/aromatic N) is 4.